The molecular formula is C15H14N2O3. The molecular weight excluding hydrogens is 256 g/mol. The second-order valence-corrected chi connectivity index (χ2v) is 4.11. The van der Waals surface area contributed by atoms with Crippen LogP contribution in [0.15, 0.2) is 54.9 Å². The molecule has 102 valence electrons. The number of ether oxygens (including phenoxy) is 1. The van der Waals surface area contributed by atoms with E-state index in [9.17, 15) is 9.59 Å². The number of rotatable bonds is 4. The van der Waals surface area contributed by atoms with Crippen LogP contribution >= 0.6 is 0 Å². The van der Waals surface area contributed by atoms with Gasteiger partial charge in [-0.2, -0.15) is 0 Å². The van der Waals surface area contributed by atoms with Crippen molar-refractivity contribution in [2.45, 2.75) is 13.2 Å². The number of nitrogens with one attached hydrogen (secondary N) is 1. The minimum Gasteiger partial charge on any atom is -0.437 e. The van der Waals surface area contributed by atoms with E-state index < -0.39 is 12.2 Å². The highest BCUT2D eigenvalue weighted by atomic mass is 16.6. The molecule has 5 nitrogen and oxygen atoms in total. The lowest BCUT2D eigenvalue weighted by molar-refractivity contribution is -0.147. The maximum Gasteiger partial charge on any atom is 0.304 e. The van der Waals surface area contributed by atoms with Crippen LogP contribution in [0.2, 0.25) is 0 Å². The smallest absolute Gasteiger partial charge is 0.304 e. The Bertz CT molecular complexity index is 585. The minimum atomic E-state index is -0.830. The van der Waals surface area contributed by atoms with Gasteiger partial charge in [0, 0.05) is 30.4 Å². The third kappa shape index (κ3) is 3.65. The molecule has 1 amide bonds. The fourth-order valence-electron chi connectivity index (χ4n) is 1.68. The molecule has 1 heterocycles. The SMILES string of the molecule is CC(=O)OC(NC(=O)c1ccccc1)c1ccncc1. The second-order valence-electron chi connectivity index (χ2n) is 4.11. The highest BCUT2D eigenvalue weighted by Gasteiger charge is 2.18. The summed E-state index contributed by atoms with van der Waals surface area (Å²) in [6.07, 6.45) is 2.31. The molecule has 0 spiro atoms. The largest absolute Gasteiger partial charge is 0.437 e. The molecule has 1 aromatic heterocycles. The Hall–Kier alpha value is -2.69. The van der Waals surface area contributed by atoms with Gasteiger partial charge in [-0.05, 0) is 24.3 Å². The quantitative estimate of drug-likeness (QED) is 0.682. The summed E-state index contributed by atoms with van der Waals surface area (Å²) in [5.41, 5.74) is 1.15. The number of carbonyl (C=O) groups excluding carboxylic acids is 2. The van der Waals surface area contributed by atoms with Gasteiger partial charge in [-0.15, -0.1) is 0 Å². The topological polar surface area (TPSA) is 68.3 Å². The van der Waals surface area contributed by atoms with Crippen molar-refractivity contribution >= 4 is 11.9 Å². The van der Waals surface area contributed by atoms with E-state index in [1.807, 2.05) is 6.07 Å². The summed E-state index contributed by atoms with van der Waals surface area (Å²) in [6.45, 7) is 1.29. The van der Waals surface area contributed by atoms with E-state index >= 15 is 0 Å². The minimum absolute atomic E-state index is 0.311. The number of carbonyl (C=O) groups is 2. The van der Waals surface area contributed by atoms with E-state index in [1.165, 1.54) is 6.92 Å². The maximum atomic E-state index is 12.1. The van der Waals surface area contributed by atoms with Crippen LogP contribution in [-0.4, -0.2) is 16.9 Å². The zero-order valence-corrected chi connectivity index (χ0v) is 10.9. The molecule has 0 saturated heterocycles. The number of aromatic nitrogens is 1. The lowest BCUT2D eigenvalue weighted by atomic mass is 10.2. The van der Waals surface area contributed by atoms with Crippen LogP contribution in [-0.2, 0) is 9.53 Å². The van der Waals surface area contributed by atoms with E-state index in [4.69, 9.17) is 4.74 Å². The number of esters is 1. The molecule has 0 fully saturated rings. The van der Waals surface area contributed by atoms with Gasteiger partial charge in [0.1, 0.15) is 0 Å². The Balaban J connectivity index is 2.16. The first-order valence-corrected chi connectivity index (χ1v) is 6.10. The predicted octanol–water partition coefficient (Wildman–Crippen LogP) is 2.07. The van der Waals surface area contributed by atoms with Crippen LogP contribution in [0.25, 0.3) is 0 Å². The van der Waals surface area contributed by atoms with Gasteiger partial charge in [-0.25, -0.2) is 0 Å². The standard InChI is InChI=1S/C15H14N2O3/c1-11(18)20-15(13-7-9-16-10-8-13)17-14(19)12-5-3-2-4-6-12/h2-10,15H,1H3,(H,17,19). The molecule has 0 aliphatic rings. The van der Waals surface area contributed by atoms with Gasteiger partial charge in [-0.3, -0.25) is 14.6 Å². The molecule has 0 saturated carbocycles. The van der Waals surface area contributed by atoms with Crippen LogP contribution < -0.4 is 5.32 Å². The molecule has 1 atom stereocenters. The number of amides is 1. The highest BCUT2D eigenvalue weighted by molar-refractivity contribution is 5.94. The Kier molecular flexibility index (Phi) is 4.44. The zero-order chi connectivity index (χ0) is 14.4. The van der Waals surface area contributed by atoms with Crippen LogP contribution in [0.1, 0.15) is 29.1 Å². The molecule has 2 rings (SSSR count). The van der Waals surface area contributed by atoms with Crippen LogP contribution in [0.4, 0.5) is 0 Å². The zero-order valence-electron chi connectivity index (χ0n) is 10.9. The van der Waals surface area contributed by atoms with Gasteiger partial charge in [0.25, 0.3) is 5.91 Å². The van der Waals surface area contributed by atoms with Crippen LogP contribution in [0.3, 0.4) is 0 Å². The fourth-order valence-corrected chi connectivity index (χ4v) is 1.68. The third-order valence-electron chi connectivity index (χ3n) is 2.59. The summed E-state index contributed by atoms with van der Waals surface area (Å²) in [5, 5.41) is 2.67. The monoisotopic (exact) mass is 270 g/mol. The van der Waals surface area contributed by atoms with Gasteiger partial charge in [0.2, 0.25) is 6.23 Å². The van der Waals surface area contributed by atoms with E-state index in [2.05, 4.69) is 10.3 Å². The average Bonchev–Trinajstić information content (AvgIpc) is 2.48. The summed E-state index contributed by atoms with van der Waals surface area (Å²) in [5.74, 6) is -0.783. The van der Waals surface area contributed by atoms with E-state index in [-0.39, 0.29) is 5.91 Å². The maximum absolute atomic E-state index is 12.1. The van der Waals surface area contributed by atoms with Gasteiger partial charge >= 0.3 is 5.97 Å². The predicted molar refractivity (Wildman–Crippen MR) is 72.7 cm³/mol. The first-order chi connectivity index (χ1) is 9.66. The highest BCUT2D eigenvalue weighted by Crippen LogP contribution is 2.14. The number of pyridine rings is 1. The van der Waals surface area contributed by atoms with Crippen molar-refractivity contribution in [2.75, 3.05) is 0 Å². The Morgan fingerprint density at radius 3 is 2.35 bits per heavy atom. The van der Waals surface area contributed by atoms with Crippen LogP contribution in [0.5, 0.6) is 0 Å². The van der Waals surface area contributed by atoms with Crippen LogP contribution in [0, 0.1) is 0 Å². The van der Waals surface area contributed by atoms with Crippen molar-refractivity contribution in [2.24, 2.45) is 0 Å². The van der Waals surface area contributed by atoms with E-state index in [0.717, 1.165) is 0 Å². The molecule has 1 N–H and O–H groups in total. The Morgan fingerprint density at radius 1 is 1.10 bits per heavy atom. The van der Waals surface area contributed by atoms with E-state index in [1.54, 1.807) is 48.8 Å². The number of benzene rings is 1. The lowest BCUT2D eigenvalue weighted by Crippen LogP contribution is -2.31. The molecule has 1 unspecified atom stereocenters. The summed E-state index contributed by atoms with van der Waals surface area (Å²) in [4.78, 5) is 27.1. The third-order valence-corrected chi connectivity index (χ3v) is 2.59. The van der Waals surface area contributed by atoms with Crippen molar-refractivity contribution in [3.05, 3.63) is 66.0 Å². The number of hydrogen-bond donors (Lipinski definition) is 1. The van der Waals surface area contributed by atoms with Crippen molar-refractivity contribution in [1.82, 2.24) is 10.3 Å². The van der Waals surface area contributed by atoms with Gasteiger partial charge in [0.15, 0.2) is 0 Å². The Labute approximate surface area is 116 Å². The van der Waals surface area contributed by atoms with E-state index in [0.29, 0.717) is 11.1 Å². The summed E-state index contributed by atoms with van der Waals surface area (Å²) >= 11 is 0. The molecule has 1 aromatic carbocycles. The summed E-state index contributed by atoms with van der Waals surface area (Å²) in [7, 11) is 0. The normalized spacial score (nSPS) is 11.4. The molecule has 0 radical (unpaired) electrons. The second kappa shape index (κ2) is 6.47. The summed E-state index contributed by atoms with van der Waals surface area (Å²) in [6, 6.07) is 12.1. The van der Waals surface area contributed by atoms with Crippen molar-refractivity contribution in [1.29, 1.82) is 0 Å². The fraction of sp³-hybridized carbons (Fsp3) is 0.133. The molecule has 2 aromatic rings. The first kappa shape index (κ1) is 13.7. The molecule has 20 heavy (non-hydrogen) atoms. The molecule has 5 heteroatoms. The van der Waals surface area contributed by atoms with Crippen molar-refractivity contribution in [3.63, 3.8) is 0 Å². The molecule has 0 bridgehead atoms. The molecule has 0 aliphatic heterocycles. The van der Waals surface area contributed by atoms with Crippen molar-refractivity contribution < 1.29 is 14.3 Å². The van der Waals surface area contributed by atoms with Gasteiger partial charge in [0.05, 0.1) is 0 Å². The summed E-state index contributed by atoms with van der Waals surface area (Å²) < 4.78 is 5.13. The first-order valence-electron chi connectivity index (χ1n) is 6.10. The number of nitrogens with zero attached hydrogens (tertiary/aromatic N) is 1. The van der Waals surface area contributed by atoms with Gasteiger partial charge in [-0.1, -0.05) is 18.2 Å². The Morgan fingerprint density at radius 2 is 1.75 bits per heavy atom. The number of hydrogen-bond acceptors (Lipinski definition) is 4. The lowest BCUT2D eigenvalue weighted by Gasteiger charge is -2.18. The molecule has 0 aliphatic carbocycles. The average molecular weight is 270 g/mol. The van der Waals surface area contributed by atoms with Crippen molar-refractivity contribution in [3.8, 4) is 0 Å². The van der Waals surface area contributed by atoms with Gasteiger partial charge < -0.3 is 10.1 Å².